The maximum Gasteiger partial charge on any atom is 0.407 e. The molecule has 0 bridgehead atoms. The minimum absolute atomic E-state index is 0.00207. The van der Waals surface area contributed by atoms with Crippen molar-refractivity contribution in [2.45, 2.75) is 63.5 Å². The van der Waals surface area contributed by atoms with Gasteiger partial charge in [-0.2, -0.15) is 0 Å². The molecule has 0 aromatic heterocycles. The van der Waals surface area contributed by atoms with Crippen LogP contribution in [0.4, 0.5) is 4.79 Å². The minimum Gasteiger partial charge on any atom is -0.453 e. The van der Waals surface area contributed by atoms with Gasteiger partial charge in [-0.25, -0.2) is 4.79 Å². The number of carbonyl (C=O) groups excluding carboxylic acids is 2. The fourth-order valence-corrected chi connectivity index (χ4v) is 5.35. The van der Waals surface area contributed by atoms with Gasteiger partial charge in [0.2, 0.25) is 5.91 Å². The van der Waals surface area contributed by atoms with Crippen molar-refractivity contribution in [3.8, 4) is 0 Å². The average Bonchev–Trinajstić information content (AvgIpc) is 3.47. The Hall–Kier alpha value is -2.15. The molecule has 1 aliphatic carbocycles. The number of allylic oxidation sites excluding steroid dienone is 1. The Morgan fingerprint density at radius 1 is 1.13 bits per heavy atom. The summed E-state index contributed by atoms with van der Waals surface area (Å²) in [6.45, 7) is 0.711. The number of nitrogens with zero attached hydrogens (tertiary/aromatic N) is 2. The van der Waals surface area contributed by atoms with E-state index in [0.29, 0.717) is 6.54 Å². The van der Waals surface area contributed by atoms with Crippen LogP contribution in [0.3, 0.4) is 0 Å². The van der Waals surface area contributed by atoms with E-state index in [1.807, 2.05) is 23.2 Å². The van der Waals surface area contributed by atoms with Gasteiger partial charge in [-0.05, 0) is 54.9 Å². The van der Waals surface area contributed by atoms with E-state index in [1.165, 1.54) is 19.1 Å². The lowest BCUT2D eigenvalue weighted by molar-refractivity contribution is -0.134. The number of hydrogen-bond acceptors (Lipinski definition) is 4. The molecule has 1 saturated heterocycles. The standard InChI is InChI=1S/C24H30BrN3O3/c1-31-24(30)27-22(17-6-3-2-4-7-17)23(29)28-13-5-8-21(28)20-14-18(15-26-20)16-9-11-19(25)12-10-16/h9-12,15,17,21-22H,2-8,13-14H2,1H3,(H,27,30)/t21-,22?/m0/s1. The molecule has 2 aliphatic heterocycles. The summed E-state index contributed by atoms with van der Waals surface area (Å²) in [4.78, 5) is 32.3. The molecule has 1 N–H and O–H groups in total. The Morgan fingerprint density at radius 2 is 1.87 bits per heavy atom. The number of benzene rings is 1. The Balaban J connectivity index is 1.47. The van der Waals surface area contributed by atoms with Gasteiger partial charge in [-0.15, -0.1) is 0 Å². The minimum atomic E-state index is -0.530. The molecule has 2 fully saturated rings. The van der Waals surface area contributed by atoms with E-state index in [1.54, 1.807) is 0 Å². The molecule has 3 aliphatic rings. The Morgan fingerprint density at radius 3 is 2.58 bits per heavy atom. The molecule has 31 heavy (non-hydrogen) atoms. The molecule has 0 spiro atoms. The topological polar surface area (TPSA) is 71.0 Å². The fourth-order valence-electron chi connectivity index (χ4n) is 5.08. The molecular weight excluding hydrogens is 458 g/mol. The van der Waals surface area contributed by atoms with Crippen LogP contribution in [-0.4, -0.2) is 48.4 Å². The van der Waals surface area contributed by atoms with Crippen molar-refractivity contribution in [2.24, 2.45) is 10.9 Å². The van der Waals surface area contributed by atoms with Gasteiger partial charge >= 0.3 is 6.09 Å². The second-order valence-corrected chi connectivity index (χ2v) is 9.58. The number of halogens is 1. The number of nitrogens with one attached hydrogen (secondary N) is 1. The quantitative estimate of drug-likeness (QED) is 0.639. The first kappa shape index (κ1) is 22.1. The molecule has 7 heteroatoms. The SMILES string of the molecule is COC(=O)NC(C(=O)N1CCC[C@H]1C1=NC=C(c2ccc(Br)cc2)C1)C1CCCCC1. The predicted molar refractivity (Wildman–Crippen MR) is 125 cm³/mol. The number of methoxy groups -OCH3 is 1. The molecule has 0 radical (unpaired) electrons. The summed E-state index contributed by atoms with van der Waals surface area (Å²) < 4.78 is 5.88. The summed E-state index contributed by atoms with van der Waals surface area (Å²) in [7, 11) is 1.35. The molecule has 2 atom stereocenters. The molecule has 2 amide bonds. The molecule has 1 saturated carbocycles. The van der Waals surface area contributed by atoms with Crippen molar-refractivity contribution in [1.82, 2.24) is 10.2 Å². The maximum absolute atomic E-state index is 13.6. The summed E-state index contributed by atoms with van der Waals surface area (Å²) in [6, 6.07) is 7.73. The number of hydrogen-bond donors (Lipinski definition) is 1. The van der Waals surface area contributed by atoms with Crippen molar-refractivity contribution in [3.63, 3.8) is 0 Å². The third kappa shape index (κ3) is 5.03. The summed E-state index contributed by atoms with van der Waals surface area (Å²) in [6.07, 6.45) is 9.38. The number of amides is 2. The van der Waals surface area contributed by atoms with Gasteiger partial charge in [0.1, 0.15) is 6.04 Å². The van der Waals surface area contributed by atoms with Crippen LogP contribution in [0.5, 0.6) is 0 Å². The van der Waals surface area contributed by atoms with E-state index in [2.05, 4.69) is 33.4 Å². The summed E-state index contributed by atoms with van der Waals surface area (Å²) in [5.74, 6) is 0.183. The van der Waals surface area contributed by atoms with Crippen LogP contribution in [0.25, 0.3) is 5.57 Å². The zero-order valence-electron chi connectivity index (χ0n) is 18.0. The Kier molecular flexibility index (Phi) is 7.10. The van der Waals surface area contributed by atoms with E-state index in [0.717, 1.165) is 60.7 Å². The highest BCUT2D eigenvalue weighted by Gasteiger charge is 2.40. The van der Waals surface area contributed by atoms with Crippen molar-refractivity contribution in [3.05, 3.63) is 40.5 Å². The van der Waals surface area contributed by atoms with Gasteiger partial charge in [0.05, 0.1) is 13.2 Å². The molecule has 1 aromatic rings. The molecular formula is C24H30BrN3O3. The van der Waals surface area contributed by atoms with Crippen molar-refractivity contribution < 1.29 is 14.3 Å². The first-order chi connectivity index (χ1) is 15.1. The van der Waals surface area contributed by atoms with Crippen LogP contribution in [0, 0.1) is 5.92 Å². The maximum atomic E-state index is 13.6. The third-order valence-corrected chi connectivity index (χ3v) is 7.27. The smallest absolute Gasteiger partial charge is 0.407 e. The van der Waals surface area contributed by atoms with Crippen molar-refractivity contribution >= 4 is 39.2 Å². The lowest BCUT2D eigenvalue weighted by Gasteiger charge is -2.34. The van der Waals surface area contributed by atoms with E-state index in [4.69, 9.17) is 9.73 Å². The number of ether oxygens (including phenoxy) is 1. The van der Waals surface area contributed by atoms with Gasteiger partial charge in [0.25, 0.3) is 0 Å². The van der Waals surface area contributed by atoms with Gasteiger partial charge in [0.15, 0.2) is 0 Å². The van der Waals surface area contributed by atoms with Gasteiger partial charge in [-0.1, -0.05) is 47.3 Å². The van der Waals surface area contributed by atoms with Crippen molar-refractivity contribution in [1.29, 1.82) is 0 Å². The second-order valence-electron chi connectivity index (χ2n) is 8.66. The number of aliphatic imine (C=N–C) groups is 1. The number of alkyl carbamates (subject to hydrolysis) is 1. The second kappa shape index (κ2) is 9.98. The summed E-state index contributed by atoms with van der Waals surface area (Å²) in [5.41, 5.74) is 3.38. The van der Waals surface area contributed by atoms with Crippen LogP contribution >= 0.6 is 15.9 Å². The van der Waals surface area contributed by atoms with Crippen LogP contribution < -0.4 is 5.32 Å². The third-order valence-electron chi connectivity index (χ3n) is 6.74. The Bertz CT molecular complexity index is 875. The molecule has 1 unspecified atom stereocenters. The fraction of sp³-hybridized carbons (Fsp3) is 0.542. The van der Waals surface area contributed by atoms with Crippen LogP contribution in [0.2, 0.25) is 0 Å². The first-order valence-corrected chi connectivity index (χ1v) is 12.0. The summed E-state index contributed by atoms with van der Waals surface area (Å²) in [5, 5.41) is 2.85. The van der Waals surface area contributed by atoms with Gasteiger partial charge in [-0.3, -0.25) is 9.79 Å². The number of likely N-dealkylation sites (tertiary alicyclic amines) is 1. The van der Waals surface area contributed by atoms with Crippen molar-refractivity contribution in [2.75, 3.05) is 13.7 Å². The zero-order chi connectivity index (χ0) is 21.8. The Labute approximate surface area is 192 Å². The zero-order valence-corrected chi connectivity index (χ0v) is 19.6. The highest BCUT2D eigenvalue weighted by atomic mass is 79.9. The van der Waals surface area contributed by atoms with Crippen LogP contribution in [0.15, 0.2) is 39.9 Å². The predicted octanol–water partition coefficient (Wildman–Crippen LogP) is 4.93. The van der Waals surface area contributed by atoms with Crippen LogP contribution in [-0.2, 0) is 9.53 Å². The molecule has 2 heterocycles. The van der Waals surface area contributed by atoms with E-state index in [-0.39, 0.29) is 17.9 Å². The number of rotatable bonds is 5. The lowest BCUT2D eigenvalue weighted by Crippen LogP contribution is -2.54. The van der Waals surface area contributed by atoms with Crippen LogP contribution in [0.1, 0.15) is 56.9 Å². The molecule has 166 valence electrons. The van der Waals surface area contributed by atoms with Gasteiger partial charge < -0.3 is 15.0 Å². The monoisotopic (exact) mass is 487 g/mol. The first-order valence-electron chi connectivity index (χ1n) is 11.2. The average molecular weight is 488 g/mol. The van der Waals surface area contributed by atoms with E-state index in [9.17, 15) is 9.59 Å². The largest absolute Gasteiger partial charge is 0.453 e. The molecule has 4 rings (SSSR count). The normalized spacial score (nSPS) is 22.6. The molecule has 6 nitrogen and oxygen atoms in total. The number of carbonyl (C=O) groups is 2. The van der Waals surface area contributed by atoms with Gasteiger partial charge in [0, 0.05) is 29.3 Å². The highest BCUT2D eigenvalue weighted by molar-refractivity contribution is 9.10. The summed E-state index contributed by atoms with van der Waals surface area (Å²) >= 11 is 3.48. The van der Waals surface area contributed by atoms with E-state index >= 15 is 0 Å². The molecule has 1 aromatic carbocycles. The highest BCUT2D eigenvalue weighted by Crippen LogP contribution is 2.33. The lowest BCUT2D eigenvalue weighted by atomic mass is 9.83. The van der Waals surface area contributed by atoms with E-state index < -0.39 is 12.1 Å².